The Morgan fingerprint density at radius 1 is 1.22 bits per heavy atom. The molecule has 0 radical (unpaired) electrons. The Morgan fingerprint density at radius 3 is 2.74 bits per heavy atom. The zero-order valence-corrected chi connectivity index (χ0v) is 15.7. The second kappa shape index (κ2) is 9.23. The third kappa shape index (κ3) is 5.10. The molecule has 2 aromatic rings. The van der Waals surface area contributed by atoms with Gasteiger partial charge in [0.05, 0.1) is 32.2 Å². The van der Waals surface area contributed by atoms with Gasteiger partial charge in [-0.05, 0) is 42.7 Å². The minimum atomic E-state index is -0.226. The summed E-state index contributed by atoms with van der Waals surface area (Å²) in [5.74, 6) is 1.06. The van der Waals surface area contributed by atoms with Crippen molar-refractivity contribution in [2.75, 3.05) is 32.7 Å². The summed E-state index contributed by atoms with van der Waals surface area (Å²) in [5, 5.41) is 6.15. The maximum Gasteiger partial charge on any atom is 0.270 e. The number of amides is 1. The summed E-state index contributed by atoms with van der Waals surface area (Å²) in [7, 11) is 3.17. The summed E-state index contributed by atoms with van der Waals surface area (Å²) in [6.45, 7) is 1.97. The first kappa shape index (κ1) is 19.0. The number of carbonyl (C=O) groups is 1. The van der Waals surface area contributed by atoms with E-state index in [4.69, 9.17) is 14.2 Å². The van der Waals surface area contributed by atoms with Crippen LogP contribution in [0.3, 0.4) is 0 Å². The lowest BCUT2D eigenvalue weighted by atomic mass is 10.2. The molecule has 144 valence electrons. The maximum atomic E-state index is 12.3. The minimum absolute atomic E-state index is 0.226. The predicted molar refractivity (Wildman–Crippen MR) is 102 cm³/mol. The first-order valence-corrected chi connectivity index (χ1v) is 9.00. The number of hydrogen-bond acceptors (Lipinski definition) is 6. The van der Waals surface area contributed by atoms with E-state index in [1.807, 2.05) is 24.3 Å². The molecule has 7 nitrogen and oxygen atoms in total. The van der Waals surface area contributed by atoms with Gasteiger partial charge in [0.2, 0.25) is 0 Å². The largest absolute Gasteiger partial charge is 0.493 e. The third-order valence-corrected chi connectivity index (χ3v) is 4.45. The Kier molecular flexibility index (Phi) is 6.49. The molecule has 2 heterocycles. The minimum Gasteiger partial charge on any atom is -0.493 e. The molecule has 1 aliphatic rings. The van der Waals surface area contributed by atoms with Crippen LogP contribution < -0.4 is 20.1 Å². The SMILES string of the molecule is COc1ccc(CNC(=O)c2ccc(NCC3CCCO3)cn2)cc1OC. The van der Waals surface area contributed by atoms with Crippen LogP contribution in [0.2, 0.25) is 0 Å². The fourth-order valence-electron chi connectivity index (χ4n) is 2.93. The monoisotopic (exact) mass is 371 g/mol. The Balaban J connectivity index is 1.51. The molecule has 27 heavy (non-hydrogen) atoms. The third-order valence-electron chi connectivity index (χ3n) is 4.45. The fraction of sp³-hybridized carbons (Fsp3) is 0.400. The van der Waals surface area contributed by atoms with Gasteiger partial charge in [-0.15, -0.1) is 0 Å². The summed E-state index contributed by atoms with van der Waals surface area (Å²) < 4.78 is 16.1. The fourth-order valence-corrected chi connectivity index (χ4v) is 2.93. The van der Waals surface area contributed by atoms with E-state index < -0.39 is 0 Å². The second-order valence-corrected chi connectivity index (χ2v) is 6.32. The summed E-state index contributed by atoms with van der Waals surface area (Å²) in [5.41, 5.74) is 2.16. The van der Waals surface area contributed by atoms with Gasteiger partial charge in [0.1, 0.15) is 5.69 Å². The van der Waals surface area contributed by atoms with Crippen molar-refractivity contribution in [1.82, 2.24) is 10.3 Å². The molecule has 0 spiro atoms. The van der Waals surface area contributed by atoms with E-state index >= 15 is 0 Å². The van der Waals surface area contributed by atoms with Crippen LogP contribution in [0.25, 0.3) is 0 Å². The highest BCUT2D eigenvalue weighted by molar-refractivity contribution is 5.92. The standard InChI is InChI=1S/C20H25N3O4/c1-25-18-8-5-14(10-19(18)26-2)11-23-20(24)17-7-6-15(12-22-17)21-13-16-4-3-9-27-16/h5-8,10,12,16,21H,3-4,9,11,13H2,1-2H3,(H,23,24). The lowest BCUT2D eigenvalue weighted by Crippen LogP contribution is -2.24. The van der Waals surface area contributed by atoms with Crippen LogP contribution in [0.15, 0.2) is 36.5 Å². The highest BCUT2D eigenvalue weighted by Crippen LogP contribution is 2.27. The van der Waals surface area contributed by atoms with E-state index in [0.29, 0.717) is 23.7 Å². The summed E-state index contributed by atoms with van der Waals surface area (Å²) >= 11 is 0. The maximum absolute atomic E-state index is 12.3. The molecule has 1 amide bonds. The number of benzene rings is 1. The Hall–Kier alpha value is -2.80. The van der Waals surface area contributed by atoms with Crippen molar-refractivity contribution in [2.45, 2.75) is 25.5 Å². The molecule has 1 aromatic carbocycles. The number of aromatic nitrogens is 1. The molecule has 1 aliphatic heterocycles. The molecule has 7 heteroatoms. The molecule has 1 saturated heterocycles. The van der Waals surface area contributed by atoms with Crippen LogP contribution >= 0.6 is 0 Å². The summed E-state index contributed by atoms with van der Waals surface area (Å²) in [4.78, 5) is 16.5. The lowest BCUT2D eigenvalue weighted by molar-refractivity contribution is 0.0946. The number of carbonyl (C=O) groups excluding carboxylic acids is 1. The van der Waals surface area contributed by atoms with Crippen LogP contribution in [0.1, 0.15) is 28.9 Å². The molecular weight excluding hydrogens is 346 g/mol. The van der Waals surface area contributed by atoms with E-state index in [1.165, 1.54) is 0 Å². The number of ether oxygens (including phenoxy) is 3. The van der Waals surface area contributed by atoms with E-state index in [0.717, 1.165) is 37.2 Å². The van der Waals surface area contributed by atoms with Crippen molar-refractivity contribution < 1.29 is 19.0 Å². The Bertz CT molecular complexity index is 758. The predicted octanol–water partition coefficient (Wildman–Crippen LogP) is 2.62. The molecule has 0 bridgehead atoms. The highest BCUT2D eigenvalue weighted by Gasteiger charge is 2.15. The van der Waals surface area contributed by atoms with E-state index in [2.05, 4.69) is 15.6 Å². The molecule has 1 aromatic heterocycles. The second-order valence-electron chi connectivity index (χ2n) is 6.32. The van der Waals surface area contributed by atoms with Crippen molar-refractivity contribution in [3.05, 3.63) is 47.8 Å². The van der Waals surface area contributed by atoms with Crippen LogP contribution in [0, 0.1) is 0 Å². The zero-order chi connectivity index (χ0) is 19.1. The Labute approximate surface area is 159 Å². The molecule has 0 saturated carbocycles. The average molecular weight is 371 g/mol. The molecule has 2 N–H and O–H groups in total. The van der Waals surface area contributed by atoms with Gasteiger partial charge in [0.25, 0.3) is 5.91 Å². The van der Waals surface area contributed by atoms with Crippen molar-refractivity contribution >= 4 is 11.6 Å². The number of anilines is 1. The van der Waals surface area contributed by atoms with Crippen molar-refractivity contribution in [2.24, 2.45) is 0 Å². The topological polar surface area (TPSA) is 81.7 Å². The van der Waals surface area contributed by atoms with Gasteiger partial charge in [-0.3, -0.25) is 4.79 Å². The number of rotatable bonds is 8. The number of nitrogens with one attached hydrogen (secondary N) is 2. The first-order valence-electron chi connectivity index (χ1n) is 9.00. The molecule has 3 rings (SSSR count). The molecular formula is C20H25N3O4. The van der Waals surface area contributed by atoms with E-state index in [-0.39, 0.29) is 12.0 Å². The van der Waals surface area contributed by atoms with Gasteiger partial charge in [0, 0.05) is 19.7 Å². The number of methoxy groups -OCH3 is 2. The molecule has 0 aliphatic carbocycles. The molecule has 1 atom stereocenters. The van der Waals surface area contributed by atoms with E-state index in [1.54, 1.807) is 26.5 Å². The van der Waals surface area contributed by atoms with Gasteiger partial charge >= 0.3 is 0 Å². The number of hydrogen-bond donors (Lipinski definition) is 2. The molecule has 1 fully saturated rings. The van der Waals surface area contributed by atoms with Crippen molar-refractivity contribution in [3.8, 4) is 11.5 Å². The van der Waals surface area contributed by atoms with Crippen LogP contribution in [-0.2, 0) is 11.3 Å². The lowest BCUT2D eigenvalue weighted by Gasteiger charge is -2.12. The first-order chi connectivity index (χ1) is 13.2. The molecule has 1 unspecified atom stereocenters. The van der Waals surface area contributed by atoms with Gasteiger partial charge < -0.3 is 24.8 Å². The highest BCUT2D eigenvalue weighted by atomic mass is 16.5. The Morgan fingerprint density at radius 2 is 2.07 bits per heavy atom. The summed E-state index contributed by atoms with van der Waals surface area (Å²) in [6.07, 6.45) is 4.12. The normalized spacial score (nSPS) is 16.0. The average Bonchev–Trinajstić information content (AvgIpc) is 3.24. The quantitative estimate of drug-likeness (QED) is 0.742. The van der Waals surface area contributed by atoms with Gasteiger partial charge in [-0.25, -0.2) is 4.98 Å². The van der Waals surface area contributed by atoms with Gasteiger partial charge in [-0.1, -0.05) is 6.07 Å². The van der Waals surface area contributed by atoms with Crippen molar-refractivity contribution in [3.63, 3.8) is 0 Å². The van der Waals surface area contributed by atoms with Crippen molar-refractivity contribution in [1.29, 1.82) is 0 Å². The van der Waals surface area contributed by atoms with Crippen LogP contribution in [0.4, 0.5) is 5.69 Å². The zero-order valence-electron chi connectivity index (χ0n) is 15.7. The van der Waals surface area contributed by atoms with Gasteiger partial charge in [0.15, 0.2) is 11.5 Å². The number of nitrogens with zero attached hydrogens (tertiary/aromatic N) is 1. The van der Waals surface area contributed by atoms with Gasteiger partial charge in [-0.2, -0.15) is 0 Å². The summed E-state index contributed by atoms with van der Waals surface area (Å²) in [6, 6.07) is 9.10. The number of pyridine rings is 1. The van der Waals surface area contributed by atoms with Crippen LogP contribution in [-0.4, -0.2) is 44.4 Å². The smallest absolute Gasteiger partial charge is 0.270 e. The van der Waals surface area contributed by atoms with Crippen LogP contribution in [0.5, 0.6) is 11.5 Å². The van der Waals surface area contributed by atoms with E-state index in [9.17, 15) is 4.79 Å².